The number of hydrogen-bond acceptors (Lipinski definition) is 5. The molecule has 8 heteroatoms. The number of hydrogen-bond donors (Lipinski definition) is 0. The molecule has 0 fully saturated rings. The first kappa shape index (κ1) is 12.3. The van der Waals surface area contributed by atoms with Gasteiger partial charge in [0.25, 0.3) is 0 Å². The summed E-state index contributed by atoms with van der Waals surface area (Å²) in [6, 6.07) is 7.63. The number of nitrogens with zero attached hydrogens (tertiary/aromatic N) is 1. The quantitative estimate of drug-likeness (QED) is 0.783. The van der Waals surface area contributed by atoms with Crippen molar-refractivity contribution in [1.82, 2.24) is 0 Å². The summed E-state index contributed by atoms with van der Waals surface area (Å²) in [6.07, 6.45) is 0. The van der Waals surface area contributed by atoms with Crippen LogP contribution in [0.2, 0.25) is 0 Å². The highest BCUT2D eigenvalue weighted by molar-refractivity contribution is 7.50. The number of nitriles is 1. The predicted molar refractivity (Wildman–Crippen MR) is 53.3 cm³/mol. The molecule has 1 aromatic rings. The van der Waals surface area contributed by atoms with Gasteiger partial charge in [0, 0.05) is 0 Å². The first-order valence-electron chi connectivity index (χ1n) is 3.54. The third-order valence-corrected chi connectivity index (χ3v) is 3.16. The molecule has 0 spiro atoms. The Morgan fingerprint density at radius 3 is 2.13 bits per heavy atom. The molecular weight excluding hydrogens is 264 g/mol. The Hall–Kier alpha value is -0.760. The van der Waals surface area contributed by atoms with Crippen LogP contribution >= 0.6 is 31.6 Å². The molecule has 0 amide bonds. The lowest BCUT2D eigenvalue weighted by Crippen LogP contribution is -1.92. The lowest BCUT2D eigenvalue weighted by Gasteiger charge is -2.10. The lowest BCUT2D eigenvalue weighted by atomic mass is 10.2. The average Bonchev–Trinajstić information content (AvgIpc) is 2.30. The van der Waals surface area contributed by atoms with Crippen LogP contribution in [0.5, 0.6) is 5.75 Å². The molecule has 1 aromatic carbocycles. The van der Waals surface area contributed by atoms with Crippen LogP contribution in [0, 0.1) is 11.3 Å². The maximum absolute atomic E-state index is 11.3. The molecule has 0 unspecified atom stereocenters. The van der Waals surface area contributed by atoms with Gasteiger partial charge in [-0.3, -0.25) is 0 Å². The van der Waals surface area contributed by atoms with Gasteiger partial charge >= 0.3 is 7.82 Å². The predicted octanol–water partition coefficient (Wildman–Crippen LogP) is 3.39. The molecule has 0 aliphatic carbocycles. The van der Waals surface area contributed by atoms with Gasteiger partial charge in [0.15, 0.2) is 0 Å². The molecule has 5 nitrogen and oxygen atoms in total. The van der Waals surface area contributed by atoms with Gasteiger partial charge in [0.05, 0.1) is 35.4 Å². The van der Waals surface area contributed by atoms with E-state index in [4.69, 9.17) is 33.5 Å². The molecule has 0 bridgehead atoms. The van der Waals surface area contributed by atoms with E-state index in [-0.39, 0.29) is 5.75 Å². The molecule has 0 radical (unpaired) electrons. The van der Waals surface area contributed by atoms with Gasteiger partial charge < -0.3 is 4.52 Å². The lowest BCUT2D eigenvalue weighted by molar-refractivity contribution is 0.318. The van der Waals surface area contributed by atoms with E-state index in [1.165, 1.54) is 24.3 Å². The first-order chi connectivity index (χ1) is 7.13. The highest BCUT2D eigenvalue weighted by atomic mass is 35.5. The van der Waals surface area contributed by atoms with E-state index in [0.717, 1.165) is 0 Å². The molecule has 1 rings (SSSR count). The highest BCUT2D eigenvalue weighted by Crippen LogP contribution is 2.51. The zero-order valence-corrected chi connectivity index (χ0v) is 9.50. The van der Waals surface area contributed by atoms with Gasteiger partial charge in [-0.25, -0.2) is 4.57 Å². The Kier molecular flexibility index (Phi) is 4.40. The van der Waals surface area contributed by atoms with Crippen LogP contribution in [-0.4, -0.2) is 0 Å². The fraction of sp³-hybridized carbons (Fsp3) is 0. The third kappa shape index (κ3) is 3.38. The molecule has 15 heavy (non-hydrogen) atoms. The normalized spacial score (nSPS) is 10.7. The van der Waals surface area contributed by atoms with Crippen molar-refractivity contribution < 1.29 is 17.2 Å². The van der Waals surface area contributed by atoms with E-state index in [1.54, 1.807) is 0 Å². The maximum atomic E-state index is 11.3. The summed E-state index contributed by atoms with van der Waals surface area (Å²) < 4.78 is 23.9. The number of rotatable bonds is 4. The summed E-state index contributed by atoms with van der Waals surface area (Å²) in [4.78, 5) is 0. The Balaban J connectivity index is 2.82. The summed E-state index contributed by atoms with van der Waals surface area (Å²) in [5, 5.41) is 8.52. The molecule has 0 aromatic heterocycles. The summed E-state index contributed by atoms with van der Waals surface area (Å²) in [6.45, 7) is 0. The Labute approximate surface area is 96.0 Å². The molecule has 80 valence electrons. The van der Waals surface area contributed by atoms with Crippen LogP contribution in [0.15, 0.2) is 24.3 Å². The molecule has 0 saturated heterocycles. The fourth-order valence-electron chi connectivity index (χ4n) is 0.758. The van der Waals surface area contributed by atoms with Gasteiger partial charge in [-0.15, -0.1) is 0 Å². The van der Waals surface area contributed by atoms with Crippen molar-refractivity contribution in [3.05, 3.63) is 29.8 Å². The van der Waals surface area contributed by atoms with E-state index < -0.39 is 7.82 Å². The van der Waals surface area contributed by atoms with Crippen molar-refractivity contribution in [2.24, 2.45) is 0 Å². The van der Waals surface area contributed by atoms with Crippen molar-refractivity contribution in [2.75, 3.05) is 0 Å². The molecule has 0 heterocycles. The summed E-state index contributed by atoms with van der Waals surface area (Å²) >= 11 is 9.73. The van der Waals surface area contributed by atoms with Crippen LogP contribution in [0.25, 0.3) is 0 Å². The second-order valence-corrected chi connectivity index (χ2v) is 4.49. The van der Waals surface area contributed by atoms with Crippen molar-refractivity contribution in [2.45, 2.75) is 0 Å². The van der Waals surface area contributed by atoms with Crippen molar-refractivity contribution >= 4 is 31.6 Å². The Morgan fingerprint density at radius 1 is 1.20 bits per heavy atom. The average molecular weight is 268 g/mol. The monoisotopic (exact) mass is 267 g/mol. The molecular formula is C7H4Cl2NO4P. The summed E-state index contributed by atoms with van der Waals surface area (Å²) in [5.41, 5.74) is 0.427. The topological polar surface area (TPSA) is 68.5 Å². The first-order valence-corrected chi connectivity index (χ1v) is 5.62. The van der Waals surface area contributed by atoms with Crippen molar-refractivity contribution in [3.8, 4) is 11.8 Å². The molecule has 0 saturated carbocycles. The second kappa shape index (κ2) is 5.36. The number of phosphoric acid groups is 1. The zero-order chi connectivity index (χ0) is 11.3. The highest BCUT2D eigenvalue weighted by Gasteiger charge is 2.28. The van der Waals surface area contributed by atoms with E-state index in [1.807, 2.05) is 6.07 Å². The van der Waals surface area contributed by atoms with Gasteiger partial charge in [0.1, 0.15) is 5.75 Å². The van der Waals surface area contributed by atoms with Gasteiger partial charge in [-0.2, -0.15) is 13.4 Å². The van der Waals surface area contributed by atoms with Crippen LogP contribution in [0.4, 0.5) is 0 Å². The van der Waals surface area contributed by atoms with Gasteiger partial charge in [0.2, 0.25) is 0 Å². The smallest absolute Gasteiger partial charge is 0.402 e. The minimum absolute atomic E-state index is 0.152. The van der Waals surface area contributed by atoms with Crippen LogP contribution in [0.3, 0.4) is 0 Å². The van der Waals surface area contributed by atoms with Gasteiger partial charge in [-0.1, -0.05) is 0 Å². The number of benzene rings is 1. The second-order valence-electron chi connectivity index (χ2n) is 2.31. The number of halogens is 2. The van der Waals surface area contributed by atoms with E-state index in [0.29, 0.717) is 5.56 Å². The SMILES string of the molecule is N#Cc1ccc(OP(=O)(OCl)OCl)cc1. The van der Waals surface area contributed by atoms with Crippen LogP contribution < -0.4 is 4.52 Å². The van der Waals surface area contributed by atoms with E-state index >= 15 is 0 Å². The Bertz CT molecular complexity index is 408. The van der Waals surface area contributed by atoms with Crippen molar-refractivity contribution in [1.29, 1.82) is 5.26 Å². The summed E-state index contributed by atoms with van der Waals surface area (Å²) in [7, 11) is -3.98. The maximum Gasteiger partial charge on any atom is 0.563 e. The minimum Gasteiger partial charge on any atom is -0.402 e. The zero-order valence-electron chi connectivity index (χ0n) is 7.09. The molecule has 0 aliphatic rings. The standard InChI is InChI=1S/C7H4Cl2NO4P/c8-13-15(11,14-9)12-7-3-1-6(5-10)2-4-7/h1-4H. The minimum atomic E-state index is -3.98. The molecule has 0 aliphatic heterocycles. The largest absolute Gasteiger partial charge is 0.563 e. The summed E-state index contributed by atoms with van der Waals surface area (Å²) in [5.74, 6) is 0.152. The third-order valence-electron chi connectivity index (χ3n) is 1.37. The fourth-order valence-corrected chi connectivity index (χ4v) is 1.64. The van der Waals surface area contributed by atoms with Crippen molar-refractivity contribution in [3.63, 3.8) is 0 Å². The van der Waals surface area contributed by atoms with Crippen LogP contribution in [0.1, 0.15) is 5.56 Å². The Morgan fingerprint density at radius 2 is 1.73 bits per heavy atom. The van der Waals surface area contributed by atoms with E-state index in [2.05, 4.69) is 8.15 Å². The van der Waals surface area contributed by atoms with E-state index in [9.17, 15) is 4.57 Å². The molecule has 0 N–H and O–H groups in total. The molecule has 0 atom stereocenters. The van der Waals surface area contributed by atoms with Gasteiger partial charge in [-0.05, 0) is 24.3 Å². The van der Waals surface area contributed by atoms with Crippen LogP contribution in [-0.2, 0) is 12.7 Å².